The summed E-state index contributed by atoms with van der Waals surface area (Å²) in [5.41, 5.74) is 0.973. The average molecular weight is 330 g/mol. The van der Waals surface area contributed by atoms with Gasteiger partial charge in [-0.2, -0.15) is 0 Å². The number of benzene rings is 2. The van der Waals surface area contributed by atoms with Crippen LogP contribution in [0.25, 0.3) is 10.8 Å². The molecule has 0 saturated carbocycles. The molecule has 0 unspecified atom stereocenters. The average Bonchev–Trinajstić information content (AvgIpc) is 2.89. The monoisotopic (exact) mass is 329 g/mol. The van der Waals surface area contributed by atoms with Crippen molar-refractivity contribution < 1.29 is 9.53 Å². The number of halogens is 1. The van der Waals surface area contributed by atoms with Crippen molar-refractivity contribution in [2.24, 2.45) is 0 Å². The van der Waals surface area contributed by atoms with E-state index in [4.69, 9.17) is 4.74 Å². The van der Waals surface area contributed by atoms with Crippen molar-refractivity contribution in [3.05, 3.63) is 71.0 Å². The fraction of sp³-hybridized carbons (Fsp3) is 0.0625. The van der Waals surface area contributed by atoms with Gasteiger partial charge < -0.3 is 4.74 Å². The molecule has 0 aliphatic rings. The molecule has 0 bridgehead atoms. The van der Waals surface area contributed by atoms with Gasteiger partial charge in [-0.1, -0.05) is 52.3 Å². The minimum atomic E-state index is -0.374. The summed E-state index contributed by atoms with van der Waals surface area (Å²) in [7, 11) is 0. The number of ether oxygens (including phenoxy) is 1. The van der Waals surface area contributed by atoms with Crippen LogP contribution in [0.3, 0.4) is 0 Å². The van der Waals surface area contributed by atoms with E-state index in [0.717, 1.165) is 20.8 Å². The number of carbonyl (C=O) groups excluding carboxylic acids is 1. The second kappa shape index (κ2) is 5.51. The van der Waals surface area contributed by atoms with Crippen molar-refractivity contribution in [1.29, 1.82) is 0 Å². The summed E-state index contributed by atoms with van der Waals surface area (Å²) in [5.74, 6) is 0. The summed E-state index contributed by atoms with van der Waals surface area (Å²) < 4.78 is 7.74. The predicted molar refractivity (Wildman–Crippen MR) is 81.7 cm³/mol. The fourth-order valence-corrected chi connectivity index (χ4v) is 2.39. The molecular weight excluding hydrogens is 318 g/mol. The molecule has 0 aliphatic heterocycles. The van der Waals surface area contributed by atoms with Gasteiger partial charge in [0.25, 0.3) is 0 Å². The summed E-state index contributed by atoms with van der Waals surface area (Å²) in [6.07, 6.45) is 3.17. The van der Waals surface area contributed by atoms with Crippen molar-refractivity contribution in [2.45, 2.75) is 6.61 Å². The maximum atomic E-state index is 12.0. The largest absolute Gasteiger partial charge is 0.444 e. The zero-order valence-corrected chi connectivity index (χ0v) is 12.2. The third-order valence-electron chi connectivity index (χ3n) is 3.02. The normalized spacial score (nSPS) is 10.7. The molecule has 0 N–H and O–H groups in total. The van der Waals surface area contributed by atoms with Crippen molar-refractivity contribution in [2.75, 3.05) is 0 Å². The van der Waals surface area contributed by atoms with E-state index in [1.807, 2.05) is 48.5 Å². The quantitative estimate of drug-likeness (QED) is 0.688. The summed E-state index contributed by atoms with van der Waals surface area (Å²) in [4.78, 5) is 12.0. The molecule has 0 amide bonds. The van der Waals surface area contributed by atoms with Crippen LogP contribution in [0.2, 0.25) is 0 Å². The molecule has 3 nitrogen and oxygen atoms in total. The highest BCUT2D eigenvalue weighted by molar-refractivity contribution is 9.10. The highest BCUT2D eigenvalue weighted by Gasteiger charge is 2.08. The Bertz CT molecular complexity index is 750. The number of nitrogens with zero attached hydrogens (tertiary/aromatic N) is 1. The highest BCUT2D eigenvalue weighted by atomic mass is 79.9. The lowest BCUT2D eigenvalue weighted by atomic mass is 10.2. The van der Waals surface area contributed by atoms with E-state index in [0.29, 0.717) is 0 Å². The Balaban J connectivity index is 1.75. The molecule has 0 saturated heterocycles. The van der Waals surface area contributed by atoms with Gasteiger partial charge >= 0.3 is 6.09 Å². The van der Waals surface area contributed by atoms with E-state index in [2.05, 4.69) is 15.9 Å². The molecule has 3 rings (SSSR count). The molecule has 0 spiro atoms. The lowest BCUT2D eigenvalue weighted by Crippen LogP contribution is -2.11. The Hall–Kier alpha value is -2.07. The van der Waals surface area contributed by atoms with Crippen LogP contribution in [0.5, 0.6) is 0 Å². The maximum Gasteiger partial charge on any atom is 0.418 e. The van der Waals surface area contributed by atoms with Crippen LogP contribution in [-0.4, -0.2) is 10.7 Å². The van der Waals surface area contributed by atoms with Gasteiger partial charge in [0.2, 0.25) is 0 Å². The number of hydrogen-bond acceptors (Lipinski definition) is 2. The smallest absolute Gasteiger partial charge is 0.418 e. The van der Waals surface area contributed by atoms with Gasteiger partial charge in [-0.15, -0.1) is 0 Å². The minimum Gasteiger partial charge on any atom is -0.444 e. The van der Waals surface area contributed by atoms with Gasteiger partial charge in [-0.05, 0) is 17.7 Å². The van der Waals surface area contributed by atoms with Gasteiger partial charge in [0.1, 0.15) is 6.61 Å². The topological polar surface area (TPSA) is 31.2 Å². The van der Waals surface area contributed by atoms with Crippen molar-refractivity contribution >= 4 is 32.8 Å². The molecule has 2 aromatic carbocycles. The lowest BCUT2D eigenvalue weighted by molar-refractivity contribution is 0.141. The maximum absolute atomic E-state index is 12.0. The SMILES string of the molecule is O=C(OCc1ccccc1)n1cc2ccc(Br)cc2c1. The summed E-state index contributed by atoms with van der Waals surface area (Å²) in [5, 5.41) is 2.00. The molecule has 0 atom stereocenters. The third kappa shape index (κ3) is 2.75. The fourth-order valence-electron chi connectivity index (χ4n) is 2.01. The first-order valence-electron chi connectivity index (χ1n) is 6.21. The van der Waals surface area contributed by atoms with Crippen molar-refractivity contribution in [3.8, 4) is 0 Å². The zero-order chi connectivity index (χ0) is 13.9. The Morgan fingerprint density at radius 2 is 1.80 bits per heavy atom. The first-order valence-corrected chi connectivity index (χ1v) is 7.00. The second-order valence-electron chi connectivity index (χ2n) is 4.48. The molecule has 100 valence electrons. The van der Waals surface area contributed by atoms with Gasteiger partial charge in [0, 0.05) is 27.6 Å². The number of hydrogen-bond donors (Lipinski definition) is 0. The number of rotatable bonds is 2. The van der Waals surface area contributed by atoms with E-state index in [-0.39, 0.29) is 12.7 Å². The summed E-state index contributed by atoms with van der Waals surface area (Å²) in [6, 6.07) is 15.5. The van der Waals surface area contributed by atoms with Gasteiger partial charge in [-0.3, -0.25) is 4.57 Å². The molecular formula is C16H12BrNO2. The van der Waals surface area contributed by atoms with Gasteiger partial charge in [0.05, 0.1) is 0 Å². The van der Waals surface area contributed by atoms with E-state index < -0.39 is 0 Å². The van der Waals surface area contributed by atoms with Crippen LogP contribution in [0.1, 0.15) is 5.56 Å². The van der Waals surface area contributed by atoms with Crippen LogP contribution in [0.4, 0.5) is 4.79 Å². The molecule has 1 aromatic heterocycles. The molecule has 0 aliphatic carbocycles. The summed E-state index contributed by atoms with van der Waals surface area (Å²) in [6.45, 7) is 0.276. The molecule has 0 radical (unpaired) electrons. The first-order chi connectivity index (χ1) is 9.72. The predicted octanol–water partition coefficient (Wildman–Crippen LogP) is 4.59. The molecule has 0 fully saturated rings. The molecule has 20 heavy (non-hydrogen) atoms. The van der Waals surface area contributed by atoms with Crippen LogP contribution < -0.4 is 0 Å². The van der Waals surface area contributed by atoms with E-state index in [1.54, 1.807) is 12.4 Å². The third-order valence-corrected chi connectivity index (χ3v) is 3.51. The van der Waals surface area contributed by atoms with Crippen LogP contribution >= 0.6 is 15.9 Å². The molecule has 3 aromatic rings. The Morgan fingerprint density at radius 1 is 1.05 bits per heavy atom. The highest BCUT2D eigenvalue weighted by Crippen LogP contribution is 2.20. The van der Waals surface area contributed by atoms with Gasteiger partial charge in [0.15, 0.2) is 0 Å². The van der Waals surface area contributed by atoms with E-state index >= 15 is 0 Å². The Labute approximate surface area is 124 Å². The standard InChI is InChI=1S/C16H12BrNO2/c17-15-7-6-13-9-18(10-14(13)8-15)16(19)20-11-12-4-2-1-3-5-12/h1-10H,11H2. The summed E-state index contributed by atoms with van der Waals surface area (Å²) >= 11 is 3.41. The van der Waals surface area contributed by atoms with E-state index in [1.165, 1.54) is 4.57 Å². The van der Waals surface area contributed by atoms with Crippen molar-refractivity contribution in [1.82, 2.24) is 4.57 Å². The Kier molecular flexibility index (Phi) is 3.56. The number of aromatic nitrogens is 1. The first kappa shape index (κ1) is 12.9. The van der Waals surface area contributed by atoms with E-state index in [9.17, 15) is 4.79 Å². The second-order valence-corrected chi connectivity index (χ2v) is 5.39. The zero-order valence-electron chi connectivity index (χ0n) is 10.6. The van der Waals surface area contributed by atoms with Gasteiger partial charge in [-0.25, -0.2) is 4.79 Å². The van der Waals surface area contributed by atoms with Crippen molar-refractivity contribution in [3.63, 3.8) is 0 Å². The van der Waals surface area contributed by atoms with Crippen LogP contribution in [0.15, 0.2) is 65.4 Å². The minimum absolute atomic E-state index is 0.276. The molecule has 1 heterocycles. The van der Waals surface area contributed by atoms with Crippen LogP contribution in [-0.2, 0) is 11.3 Å². The number of carbonyl (C=O) groups is 1. The number of fused-ring (bicyclic) bond motifs is 1. The lowest BCUT2D eigenvalue weighted by Gasteiger charge is -2.04. The Morgan fingerprint density at radius 3 is 2.60 bits per heavy atom. The van der Waals surface area contributed by atoms with Crippen LogP contribution in [0, 0.1) is 0 Å². The molecule has 4 heteroatoms.